The Morgan fingerprint density at radius 3 is 2.29 bits per heavy atom. The third-order valence-corrected chi connectivity index (χ3v) is 3.91. The molecule has 21 heavy (non-hydrogen) atoms. The summed E-state index contributed by atoms with van der Waals surface area (Å²) >= 11 is 0. The Kier molecular flexibility index (Phi) is 4.54. The second-order valence-electron chi connectivity index (χ2n) is 6.05. The van der Waals surface area contributed by atoms with E-state index in [0.29, 0.717) is 5.56 Å². The summed E-state index contributed by atoms with van der Waals surface area (Å²) in [6.07, 6.45) is 1.46. The maximum atomic E-state index is 11.8. The fourth-order valence-electron chi connectivity index (χ4n) is 1.92. The molecule has 0 N–H and O–H groups in total. The van der Waals surface area contributed by atoms with Gasteiger partial charge in [-0.1, -0.05) is 30.3 Å². The lowest BCUT2D eigenvalue weighted by atomic mass is 9.90. The fourth-order valence-corrected chi connectivity index (χ4v) is 1.92. The Morgan fingerprint density at radius 2 is 1.71 bits per heavy atom. The van der Waals surface area contributed by atoms with Gasteiger partial charge >= 0.3 is 7.12 Å². The SMILES string of the molecule is CC1(C)OB(/C=C/OCC(=O)c2ccccc2)OC1(C)C. The second kappa shape index (κ2) is 6.04. The van der Waals surface area contributed by atoms with Gasteiger partial charge in [-0.2, -0.15) is 0 Å². The minimum Gasteiger partial charge on any atom is -0.494 e. The topological polar surface area (TPSA) is 44.8 Å². The van der Waals surface area contributed by atoms with Crippen LogP contribution in [0.4, 0.5) is 0 Å². The van der Waals surface area contributed by atoms with E-state index in [0.717, 1.165) is 0 Å². The molecule has 0 aromatic heterocycles. The van der Waals surface area contributed by atoms with Gasteiger partial charge in [-0.3, -0.25) is 4.79 Å². The van der Waals surface area contributed by atoms with Crippen LogP contribution in [0.3, 0.4) is 0 Å². The van der Waals surface area contributed by atoms with Gasteiger partial charge in [-0.15, -0.1) is 0 Å². The van der Waals surface area contributed by atoms with Crippen LogP contribution in [0, 0.1) is 0 Å². The first-order valence-electron chi connectivity index (χ1n) is 7.04. The molecule has 1 aliphatic heterocycles. The molecule has 1 aromatic rings. The Balaban J connectivity index is 1.81. The van der Waals surface area contributed by atoms with E-state index >= 15 is 0 Å². The van der Waals surface area contributed by atoms with E-state index < -0.39 is 7.12 Å². The van der Waals surface area contributed by atoms with Gasteiger partial charge in [0, 0.05) is 5.56 Å². The average molecular weight is 288 g/mol. The van der Waals surface area contributed by atoms with Crippen molar-refractivity contribution in [2.24, 2.45) is 0 Å². The van der Waals surface area contributed by atoms with Crippen molar-refractivity contribution in [3.8, 4) is 0 Å². The highest BCUT2D eigenvalue weighted by molar-refractivity contribution is 6.51. The molecule has 0 radical (unpaired) electrons. The van der Waals surface area contributed by atoms with Crippen molar-refractivity contribution >= 4 is 12.9 Å². The van der Waals surface area contributed by atoms with Crippen LogP contribution in [0.2, 0.25) is 0 Å². The van der Waals surface area contributed by atoms with Crippen LogP contribution in [0.15, 0.2) is 42.6 Å². The van der Waals surface area contributed by atoms with Gasteiger partial charge in [-0.25, -0.2) is 0 Å². The van der Waals surface area contributed by atoms with E-state index in [1.165, 1.54) is 6.26 Å². The summed E-state index contributed by atoms with van der Waals surface area (Å²) in [5.41, 5.74) is -0.106. The molecule has 1 aromatic carbocycles. The van der Waals surface area contributed by atoms with Gasteiger partial charge in [0.05, 0.1) is 17.5 Å². The number of hydrogen-bond donors (Lipinski definition) is 0. The number of ketones is 1. The number of ether oxygens (including phenoxy) is 1. The molecule has 1 fully saturated rings. The van der Waals surface area contributed by atoms with E-state index in [2.05, 4.69) is 0 Å². The molecule has 5 heteroatoms. The summed E-state index contributed by atoms with van der Waals surface area (Å²) in [7, 11) is -0.457. The Labute approximate surface area is 126 Å². The van der Waals surface area contributed by atoms with Gasteiger partial charge in [0.1, 0.15) is 0 Å². The quantitative estimate of drug-likeness (QED) is 0.474. The van der Waals surface area contributed by atoms with Crippen LogP contribution in [-0.4, -0.2) is 30.7 Å². The van der Waals surface area contributed by atoms with Crippen LogP contribution in [0.25, 0.3) is 0 Å². The number of hydrogen-bond acceptors (Lipinski definition) is 4. The van der Waals surface area contributed by atoms with Crippen LogP contribution in [0.5, 0.6) is 0 Å². The zero-order valence-electron chi connectivity index (χ0n) is 13.0. The molecule has 4 nitrogen and oxygen atoms in total. The van der Waals surface area contributed by atoms with Gasteiger partial charge < -0.3 is 14.0 Å². The third kappa shape index (κ3) is 3.74. The molecule has 0 amide bonds. The van der Waals surface area contributed by atoms with Gasteiger partial charge in [0.2, 0.25) is 0 Å². The monoisotopic (exact) mass is 288 g/mol. The molecule has 0 bridgehead atoms. The molecule has 1 heterocycles. The Morgan fingerprint density at radius 1 is 1.14 bits per heavy atom. The Bertz CT molecular complexity index is 506. The van der Waals surface area contributed by atoms with Crippen molar-refractivity contribution in [3.05, 3.63) is 48.1 Å². The van der Waals surface area contributed by atoms with Gasteiger partial charge in [0.15, 0.2) is 12.4 Å². The summed E-state index contributed by atoms with van der Waals surface area (Å²) in [5.74, 6) is 1.61. The number of carbonyl (C=O) groups is 1. The normalized spacial score (nSPS) is 19.9. The predicted molar refractivity (Wildman–Crippen MR) is 81.9 cm³/mol. The van der Waals surface area contributed by atoms with Crippen molar-refractivity contribution in [2.45, 2.75) is 38.9 Å². The number of carbonyl (C=O) groups excluding carboxylic acids is 1. The van der Waals surface area contributed by atoms with E-state index in [1.807, 2.05) is 45.9 Å². The highest BCUT2D eigenvalue weighted by Gasteiger charge is 2.50. The number of rotatable bonds is 5. The molecule has 0 spiro atoms. The largest absolute Gasteiger partial charge is 0.494 e. The lowest BCUT2D eigenvalue weighted by Gasteiger charge is -2.32. The summed E-state index contributed by atoms with van der Waals surface area (Å²) in [5, 5.41) is 0. The van der Waals surface area contributed by atoms with Crippen LogP contribution in [-0.2, 0) is 14.0 Å². The van der Waals surface area contributed by atoms with Crippen molar-refractivity contribution in [3.63, 3.8) is 0 Å². The lowest BCUT2D eigenvalue weighted by molar-refractivity contribution is 0.00578. The van der Waals surface area contributed by atoms with E-state index in [9.17, 15) is 4.79 Å². The van der Waals surface area contributed by atoms with Crippen LogP contribution >= 0.6 is 0 Å². The summed E-state index contributed by atoms with van der Waals surface area (Å²) in [6, 6.07) is 9.06. The first-order valence-corrected chi connectivity index (χ1v) is 7.04. The molecule has 1 saturated heterocycles. The summed E-state index contributed by atoms with van der Waals surface area (Å²) in [6.45, 7) is 7.95. The molecule has 2 rings (SSSR count). The minimum atomic E-state index is -0.457. The predicted octanol–water partition coefficient (Wildman–Crippen LogP) is 3.03. The summed E-state index contributed by atoms with van der Waals surface area (Å²) < 4.78 is 16.8. The first kappa shape index (κ1) is 15.8. The highest BCUT2D eigenvalue weighted by Crippen LogP contribution is 2.36. The number of benzene rings is 1. The number of Topliss-reactive ketones (excluding diaryl/α,β-unsaturated/α-hetero) is 1. The third-order valence-electron chi connectivity index (χ3n) is 3.91. The second-order valence-corrected chi connectivity index (χ2v) is 6.05. The zero-order valence-corrected chi connectivity index (χ0v) is 13.0. The first-order chi connectivity index (χ1) is 9.82. The van der Waals surface area contributed by atoms with Crippen molar-refractivity contribution < 1.29 is 18.8 Å². The van der Waals surface area contributed by atoms with E-state index in [4.69, 9.17) is 14.0 Å². The molecule has 0 saturated carbocycles. The zero-order chi connectivity index (χ0) is 15.5. The van der Waals surface area contributed by atoms with Crippen molar-refractivity contribution in [1.82, 2.24) is 0 Å². The average Bonchev–Trinajstić information content (AvgIpc) is 2.63. The van der Waals surface area contributed by atoms with Crippen molar-refractivity contribution in [1.29, 1.82) is 0 Å². The smallest absolute Gasteiger partial charge is 0.490 e. The fraction of sp³-hybridized carbons (Fsp3) is 0.438. The van der Waals surface area contributed by atoms with E-state index in [1.54, 1.807) is 18.1 Å². The molecular formula is C16H21BO4. The minimum absolute atomic E-state index is 0.0000189. The standard InChI is InChI=1S/C16H21BO4/c1-15(2)16(3,4)21-17(20-15)10-11-19-12-14(18)13-8-6-5-7-9-13/h5-11H,12H2,1-4H3/b11-10+. The summed E-state index contributed by atoms with van der Waals surface area (Å²) in [4.78, 5) is 11.8. The molecule has 112 valence electrons. The highest BCUT2D eigenvalue weighted by atomic mass is 16.7. The molecular weight excluding hydrogens is 267 g/mol. The van der Waals surface area contributed by atoms with Gasteiger partial charge in [0.25, 0.3) is 0 Å². The van der Waals surface area contributed by atoms with Crippen molar-refractivity contribution in [2.75, 3.05) is 6.61 Å². The molecule has 0 aliphatic carbocycles. The van der Waals surface area contributed by atoms with Crippen LogP contribution in [0.1, 0.15) is 38.1 Å². The Hall–Kier alpha value is -1.59. The molecule has 1 aliphatic rings. The lowest BCUT2D eigenvalue weighted by Crippen LogP contribution is -2.41. The molecule has 0 atom stereocenters. The van der Waals surface area contributed by atoms with Gasteiger partial charge in [-0.05, 0) is 33.7 Å². The van der Waals surface area contributed by atoms with Crippen LogP contribution < -0.4 is 0 Å². The maximum Gasteiger partial charge on any atom is 0.490 e. The molecule has 0 unspecified atom stereocenters. The van der Waals surface area contributed by atoms with E-state index in [-0.39, 0.29) is 23.6 Å². The maximum absolute atomic E-state index is 11.8.